The average Bonchev–Trinajstić information content (AvgIpc) is 2.77. The number of hydrogen-bond acceptors (Lipinski definition) is 5. The molecular weight excluding hydrogens is 330 g/mol. The third-order valence-corrected chi connectivity index (χ3v) is 4.14. The molecule has 2 rings (SSSR count). The van der Waals surface area contributed by atoms with Crippen LogP contribution in [0.15, 0.2) is 27.3 Å². The van der Waals surface area contributed by atoms with Gasteiger partial charge in [-0.1, -0.05) is 10.7 Å². The van der Waals surface area contributed by atoms with Gasteiger partial charge in [-0.05, 0) is 34.7 Å². The highest BCUT2D eigenvalue weighted by molar-refractivity contribution is 9.10. The first-order valence-electron chi connectivity index (χ1n) is 5.56. The normalized spacial score (nSPS) is 12.5. The molecule has 2 aromatic rings. The molecule has 0 saturated carbocycles. The molecule has 2 heterocycles. The third-order valence-electron chi connectivity index (χ3n) is 2.33. The highest BCUT2D eigenvalue weighted by Gasteiger charge is 2.03. The summed E-state index contributed by atoms with van der Waals surface area (Å²) >= 11 is 3.36. The van der Waals surface area contributed by atoms with E-state index in [2.05, 4.69) is 30.4 Å². The van der Waals surface area contributed by atoms with E-state index in [1.165, 1.54) is 0 Å². The first kappa shape index (κ1) is 14.0. The van der Waals surface area contributed by atoms with Crippen molar-refractivity contribution in [3.8, 4) is 12.1 Å². The number of halogens is 1. The molecule has 0 radical (unpaired) electrons. The lowest BCUT2D eigenvalue weighted by atomic mass is 10.5. The number of rotatable bonds is 5. The molecule has 0 spiro atoms. The standard InChI is InChI=1S/C11H12BrN5OS/c1-19(15-8-13)6-2-5-18-11-4-3-10-14-7-9(12)17(10)16-11/h3-4,7H,2,5-6H2,1H3. The summed E-state index contributed by atoms with van der Waals surface area (Å²) in [7, 11) is -0.207. The summed E-state index contributed by atoms with van der Waals surface area (Å²) in [5, 5.41) is 12.7. The van der Waals surface area contributed by atoms with Crippen LogP contribution in [0.2, 0.25) is 0 Å². The SMILES string of the molecule is C/S(CCCOc1ccc2ncc(Br)n2n1)=N/C#N. The topological polar surface area (TPSA) is 75.6 Å². The predicted octanol–water partition coefficient (Wildman–Crippen LogP) is 2.17. The molecule has 0 bridgehead atoms. The van der Waals surface area contributed by atoms with Gasteiger partial charge in [0, 0.05) is 11.8 Å². The maximum atomic E-state index is 8.41. The minimum absolute atomic E-state index is 0.207. The minimum Gasteiger partial charge on any atom is -0.477 e. The van der Waals surface area contributed by atoms with Crippen molar-refractivity contribution in [2.45, 2.75) is 6.42 Å². The molecule has 0 aliphatic heterocycles. The van der Waals surface area contributed by atoms with Crippen LogP contribution in [0.25, 0.3) is 5.65 Å². The lowest BCUT2D eigenvalue weighted by Crippen LogP contribution is -2.05. The van der Waals surface area contributed by atoms with Gasteiger partial charge < -0.3 is 4.74 Å². The Hall–Kier alpha value is -1.46. The zero-order valence-corrected chi connectivity index (χ0v) is 12.7. The lowest BCUT2D eigenvalue weighted by Gasteiger charge is -2.05. The molecule has 1 unspecified atom stereocenters. The molecular formula is C11H12BrN5OS. The number of nitrogens with zero attached hydrogens (tertiary/aromatic N) is 5. The van der Waals surface area contributed by atoms with E-state index < -0.39 is 0 Å². The molecule has 0 N–H and O–H groups in total. The number of fused-ring (bicyclic) bond motifs is 1. The summed E-state index contributed by atoms with van der Waals surface area (Å²) in [6.45, 7) is 0.559. The highest BCUT2D eigenvalue weighted by atomic mass is 79.9. The minimum atomic E-state index is -0.207. The van der Waals surface area contributed by atoms with Crippen molar-refractivity contribution in [2.24, 2.45) is 4.36 Å². The van der Waals surface area contributed by atoms with Crippen LogP contribution >= 0.6 is 15.9 Å². The third kappa shape index (κ3) is 3.75. The molecule has 8 heteroatoms. The van der Waals surface area contributed by atoms with Gasteiger partial charge in [-0.15, -0.1) is 5.10 Å². The van der Waals surface area contributed by atoms with Gasteiger partial charge >= 0.3 is 0 Å². The fourth-order valence-corrected chi connectivity index (χ4v) is 2.60. The first-order valence-corrected chi connectivity index (χ1v) is 8.11. The lowest BCUT2D eigenvalue weighted by molar-refractivity contribution is 0.301. The van der Waals surface area contributed by atoms with Crippen LogP contribution in [0, 0.1) is 11.5 Å². The summed E-state index contributed by atoms with van der Waals surface area (Å²) in [5.41, 5.74) is 0.766. The maximum Gasteiger partial charge on any atom is 0.231 e. The summed E-state index contributed by atoms with van der Waals surface area (Å²) < 4.78 is 11.8. The molecule has 100 valence electrons. The zero-order chi connectivity index (χ0) is 13.7. The predicted molar refractivity (Wildman–Crippen MR) is 77.0 cm³/mol. The monoisotopic (exact) mass is 341 g/mol. The number of aromatic nitrogens is 3. The average molecular weight is 342 g/mol. The summed E-state index contributed by atoms with van der Waals surface area (Å²) in [4.78, 5) is 4.16. The molecule has 0 saturated heterocycles. The van der Waals surface area contributed by atoms with Crippen molar-refractivity contribution < 1.29 is 4.74 Å². The molecule has 0 aliphatic rings. The quantitative estimate of drug-likeness (QED) is 0.616. The molecule has 0 fully saturated rings. The van der Waals surface area contributed by atoms with E-state index >= 15 is 0 Å². The van der Waals surface area contributed by atoms with Gasteiger partial charge in [-0.2, -0.15) is 9.62 Å². The van der Waals surface area contributed by atoms with Gasteiger partial charge in [0.2, 0.25) is 12.1 Å². The van der Waals surface area contributed by atoms with Crippen molar-refractivity contribution in [2.75, 3.05) is 18.6 Å². The Morgan fingerprint density at radius 1 is 1.58 bits per heavy atom. The summed E-state index contributed by atoms with van der Waals surface area (Å²) in [6, 6.07) is 3.64. The molecule has 1 atom stereocenters. The molecule has 0 aromatic carbocycles. The van der Waals surface area contributed by atoms with Crippen LogP contribution in [-0.2, 0) is 10.7 Å². The van der Waals surface area contributed by atoms with Crippen molar-refractivity contribution in [1.82, 2.24) is 14.6 Å². The van der Waals surface area contributed by atoms with Crippen LogP contribution in [0.5, 0.6) is 5.88 Å². The Bertz CT molecular complexity index is 648. The second-order valence-corrected chi connectivity index (χ2v) is 6.32. The fraction of sp³-hybridized carbons (Fsp3) is 0.364. The van der Waals surface area contributed by atoms with Gasteiger partial charge in [0.25, 0.3) is 0 Å². The van der Waals surface area contributed by atoms with E-state index in [4.69, 9.17) is 10.00 Å². The van der Waals surface area contributed by atoms with E-state index in [-0.39, 0.29) is 10.7 Å². The van der Waals surface area contributed by atoms with Gasteiger partial charge in [0.15, 0.2) is 5.65 Å². The molecule has 19 heavy (non-hydrogen) atoms. The van der Waals surface area contributed by atoms with Gasteiger partial charge in [-0.25, -0.2) is 9.50 Å². The summed E-state index contributed by atoms with van der Waals surface area (Å²) in [6.07, 6.45) is 6.29. The van der Waals surface area contributed by atoms with Crippen molar-refractivity contribution in [3.05, 3.63) is 22.9 Å². The second-order valence-electron chi connectivity index (χ2n) is 3.72. The first-order chi connectivity index (χ1) is 9.20. The van der Waals surface area contributed by atoms with E-state index in [0.29, 0.717) is 12.5 Å². The van der Waals surface area contributed by atoms with Crippen LogP contribution in [0.1, 0.15) is 6.42 Å². The molecule has 2 aromatic heterocycles. The fourth-order valence-electron chi connectivity index (χ4n) is 1.47. The Balaban J connectivity index is 1.90. The smallest absolute Gasteiger partial charge is 0.231 e. The van der Waals surface area contributed by atoms with Crippen molar-refractivity contribution in [3.63, 3.8) is 0 Å². The van der Waals surface area contributed by atoms with E-state index in [1.807, 2.05) is 18.5 Å². The molecule has 6 nitrogen and oxygen atoms in total. The Morgan fingerprint density at radius 2 is 2.42 bits per heavy atom. The van der Waals surface area contributed by atoms with Gasteiger partial charge in [-0.3, -0.25) is 0 Å². The number of hydrogen-bond donors (Lipinski definition) is 0. The van der Waals surface area contributed by atoms with E-state index in [9.17, 15) is 0 Å². The second kappa shape index (κ2) is 6.63. The summed E-state index contributed by atoms with van der Waals surface area (Å²) in [5.74, 6) is 1.41. The van der Waals surface area contributed by atoms with E-state index in [1.54, 1.807) is 16.8 Å². The van der Waals surface area contributed by atoms with Crippen LogP contribution in [0.4, 0.5) is 0 Å². The Kier molecular flexibility index (Phi) is 4.87. The van der Waals surface area contributed by atoms with Crippen molar-refractivity contribution in [1.29, 1.82) is 5.26 Å². The van der Waals surface area contributed by atoms with Crippen LogP contribution < -0.4 is 4.74 Å². The zero-order valence-electron chi connectivity index (χ0n) is 10.3. The largest absolute Gasteiger partial charge is 0.477 e. The number of nitriles is 1. The van der Waals surface area contributed by atoms with Crippen molar-refractivity contribution >= 4 is 32.3 Å². The van der Waals surface area contributed by atoms with E-state index in [0.717, 1.165) is 22.4 Å². The number of imidazole rings is 1. The maximum absolute atomic E-state index is 8.41. The Labute approximate surface area is 121 Å². The van der Waals surface area contributed by atoms with Gasteiger partial charge in [0.05, 0.1) is 12.8 Å². The highest BCUT2D eigenvalue weighted by Crippen LogP contribution is 2.14. The molecule has 0 amide bonds. The Morgan fingerprint density at radius 3 is 3.21 bits per heavy atom. The number of ether oxygens (including phenoxy) is 1. The van der Waals surface area contributed by atoms with Crippen LogP contribution in [0.3, 0.4) is 0 Å². The van der Waals surface area contributed by atoms with Crippen LogP contribution in [-0.4, -0.2) is 33.2 Å². The molecule has 0 aliphatic carbocycles. The van der Waals surface area contributed by atoms with Gasteiger partial charge in [0.1, 0.15) is 4.60 Å².